The number of phenols is 1. The summed E-state index contributed by atoms with van der Waals surface area (Å²) in [5.41, 5.74) is 1.32. The summed E-state index contributed by atoms with van der Waals surface area (Å²) in [6.45, 7) is 3.59. The van der Waals surface area contributed by atoms with E-state index in [4.69, 9.17) is 4.74 Å². The molecule has 1 atom stereocenters. The SMILES string of the molecule is CNCC1(CN(C)c2ccc(O)cc2)CCOC1. The molecule has 1 aromatic carbocycles. The van der Waals surface area contributed by atoms with E-state index in [-0.39, 0.29) is 5.41 Å². The van der Waals surface area contributed by atoms with Crippen molar-refractivity contribution in [3.63, 3.8) is 0 Å². The Bertz CT molecular complexity index is 372. The van der Waals surface area contributed by atoms with Gasteiger partial charge in [0.1, 0.15) is 5.75 Å². The Morgan fingerprint density at radius 2 is 2.11 bits per heavy atom. The first-order valence-corrected chi connectivity index (χ1v) is 6.38. The summed E-state index contributed by atoms with van der Waals surface area (Å²) in [7, 11) is 4.07. The van der Waals surface area contributed by atoms with Crippen molar-refractivity contribution in [2.75, 3.05) is 45.3 Å². The molecule has 1 aromatic rings. The minimum absolute atomic E-state index is 0.196. The van der Waals surface area contributed by atoms with Crippen LogP contribution in [0.2, 0.25) is 0 Å². The van der Waals surface area contributed by atoms with Crippen molar-refractivity contribution in [3.8, 4) is 5.75 Å². The summed E-state index contributed by atoms with van der Waals surface area (Å²) in [5.74, 6) is 0.307. The third-order valence-electron chi connectivity index (χ3n) is 3.60. The zero-order valence-corrected chi connectivity index (χ0v) is 11.1. The number of anilines is 1. The first-order valence-electron chi connectivity index (χ1n) is 6.38. The maximum Gasteiger partial charge on any atom is 0.115 e. The van der Waals surface area contributed by atoms with E-state index in [1.165, 1.54) is 0 Å². The van der Waals surface area contributed by atoms with E-state index in [0.29, 0.717) is 5.75 Å². The zero-order chi connectivity index (χ0) is 13.0. The van der Waals surface area contributed by atoms with Crippen LogP contribution in [0.25, 0.3) is 0 Å². The average molecular weight is 250 g/mol. The Morgan fingerprint density at radius 1 is 1.39 bits per heavy atom. The Labute approximate surface area is 109 Å². The molecule has 1 fully saturated rings. The second kappa shape index (κ2) is 5.59. The Balaban J connectivity index is 2.04. The summed E-state index contributed by atoms with van der Waals surface area (Å²) in [4.78, 5) is 2.23. The lowest BCUT2D eigenvalue weighted by Gasteiger charge is -2.33. The second-order valence-electron chi connectivity index (χ2n) is 5.21. The van der Waals surface area contributed by atoms with E-state index in [1.54, 1.807) is 12.1 Å². The van der Waals surface area contributed by atoms with Crippen LogP contribution in [0.15, 0.2) is 24.3 Å². The number of benzene rings is 1. The van der Waals surface area contributed by atoms with Crippen molar-refractivity contribution in [2.45, 2.75) is 6.42 Å². The summed E-state index contributed by atoms with van der Waals surface area (Å²) >= 11 is 0. The number of aromatic hydroxyl groups is 1. The van der Waals surface area contributed by atoms with E-state index in [0.717, 1.165) is 38.4 Å². The van der Waals surface area contributed by atoms with Crippen molar-refractivity contribution >= 4 is 5.69 Å². The second-order valence-corrected chi connectivity index (χ2v) is 5.21. The fraction of sp³-hybridized carbons (Fsp3) is 0.571. The molecule has 1 aliphatic heterocycles. The van der Waals surface area contributed by atoms with Gasteiger partial charge in [0, 0.05) is 37.8 Å². The van der Waals surface area contributed by atoms with Gasteiger partial charge in [0.05, 0.1) is 6.61 Å². The highest BCUT2D eigenvalue weighted by molar-refractivity contribution is 5.48. The zero-order valence-electron chi connectivity index (χ0n) is 11.1. The predicted octanol–water partition coefficient (Wildman–Crippen LogP) is 1.45. The van der Waals surface area contributed by atoms with Gasteiger partial charge in [-0.15, -0.1) is 0 Å². The smallest absolute Gasteiger partial charge is 0.115 e. The quantitative estimate of drug-likeness (QED) is 0.830. The van der Waals surface area contributed by atoms with Gasteiger partial charge in [-0.2, -0.15) is 0 Å². The summed E-state index contributed by atoms with van der Waals surface area (Å²) in [6, 6.07) is 7.33. The minimum atomic E-state index is 0.196. The summed E-state index contributed by atoms with van der Waals surface area (Å²) in [6.07, 6.45) is 1.09. The number of nitrogens with one attached hydrogen (secondary N) is 1. The Kier molecular flexibility index (Phi) is 4.09. The molecular formula is C14H22N2O2. The number of nitrogens with zero attached hydrogens (tertiary/aromatic N) is 1. The lowest BCUT2D eigenvalue weighted by atomic mass is 9.86. The molecule has 2 rings (SSSR count). The molecule has 0 aliphatic carbocycles. The summed E-state index contributed by atoms with van der Waals surface area (Å²) < 4.78 is 5.56. The fourth-order valence-corrected chi connectivity index (χ4v) is 2.65. The van der Waals surface area contributed by atoms with Gasteiger partial charge in [0.15, 0.2) is 0 Å². The summed E-state index contributed by atoms with van der Waals surface area (Å²) in [5, 5.41) is 12.6. The van der Waals surface area contributed by atoms with Crippen LogP contribution in [0.3, 0.4) is 0 Å². The van der Waals surface area contributed by atoms with E-state index in [1.807, 2.05) is 19.2 Å². The molecule has 1 saturated heterocycles. The largest absolute Gasteiger partial charge is 0.508 e. The highest BCUT2D eigenvalue weighted by Gasteiger charge is 2.35. The standard InChI is InChI=1S/C14H22N2O2/c1-15-9-14(7-8-18-11-14)10-16(2)12-3-5-13(17)6-4-12/h3-6,15,17H,7-11H2,1-2H3. The molecule has 100 valence electrons. The molecule has 0 aromatic heterocycles. The van der Waals surface area contributed by atoms with Crippen LogP contribution in [0, 0.1) is 5.41 Å². The first kappa shape index (κ1) is 13.2. The minimum Gasteiger partial charge on any atom is -0.508 e. The maximum atomic E-state index is 9.31. The van der Waals surface area contributed by atoms with E-state index in [2.05, 4.69) is 17.3 Å². The third-order valence-corrected chi connectivity index (χ3v) is 3.60. The van der Waals surface area contributed by atoms with E-state index < -0.39 is 0 Å². The van der Waals surface area contributed by atoms with E-state index >= 15 is 0 Å². The molecular weight excluding hydrogens is 228 g/mol. The van der Waals surface area contributed by atoms with Crippen molar-refractivity contribution in [3.05, 3.63) is 24.3 Å². The molecule has 18 heavy (non-hydrogen) atoms. The van der Waals surface area contributed by atoms with Crippen LogP contribution in [0.1, 0.15) is 6.42 Å². The number of ether oxygens (including phenoxy) is 1. The van der Waals surface area contributed by atoms with Crippen LogP contribution in [-0.2, 0) is 4.74 Å². The fourth-order valence-electron chi connectivity index (χ4n) is 2.65. The monoisotopic (exact) mass is 250 g/mol. The van der Waals surface area contributed by atoms with Gasteiger partial charge in [-0.05, 0) is 37.7 Å². The van der Waals surface area contributed by atoms with Crippen molar-refractivity contribution in [1.82, 2.24) is 5.32 Å². The molecule has 1 aliphatic rings. The van der Waals surface area contributed by atoms with Crippen LogP contribution in [-0.4, -0.2) is 45.5 Å². The predicted molar refractivity (Wildman–Crippen MR) is 73.2 cm³/mol. The topological polar surface area (TPSA) is 44.7 Å². The maximum absolute atomic E-state index is 9.31. The number of hydrogen-bond acceptors (Lipinski definition) is 4. The molecule has 2 N–H and O–H groups in total. The van der Waals surface area contributed by atoms with Crippen molar-refractivity contribution in [1.29, 1.82) is 0 Å². The van der Waals surface area contributed by atoms with Gasteiger partial charge in [0.25, 0.3) is 0 Å². The van der Waals surface area contributed by atoms with Gasteiger partial charge in [-0.3, -0.25) is 0 Å². The normalized spacial score (nSPS) is 23.2. The number of phenolic OH excluding ortho intramolecular Hbond substituents is 1. The van der Waals surface area contributed by atoms with Gasteiger partial charge in [-0.1, -0.05) is 0 Å². The van der Waals surface area contributed by atoms with Crippen molar-refractivity contribution < 1.29 is 9.84 Å². The molecule has 1 heterocycles. The highest BCUT2D eigenvalue weighted by atomic mass is 16.5. The average Bonchev–Trinajstić information content (AvgIpc) is 2.79. The Morgan fingerprint density at radius 3 is 2.67 bits per heavy atom. The molecule has 4 nitrogen and oxygen atoms in total. The van der Waals surface area contributed by atoms with Gasteiger partial charge < -0.3 is 20.1 Å². The molecule has 1 unspecified atom stereocenters. The number of hydrogen-bond donors (Lipinski definition) is 2. The first-order chi connectivity index (χ1) is 8.65. The van der Waals surface area contributed by atoms with Crippen LogP contribution < -0.4 is 10.2 Å². The number of rotatable bonds is 5. The van der Waals surface area contributed by atoms with Crippen LogP contribution in [0.5, 0.6) is 5.75 Å². The molecule has 0 radical (unpaired) electrons. The molecule has 0 spiro atoms. The van der Waals surface area contributed by atoms with Crippen LogP contribution >= 0.6 is 0 Å². The molecule has 0 saturated carbocycles. The lowest BCUT2D eigenvalue weighted by molar-refractivity contribution is 0.154. The van der Waals surface area contributed by atoms with Gasteiger partial charge in [0.2, 0.25) is 0 Å². The van der Waals surface area contributed by atoms with Gasteiger partial charge >= 0.3 is 0 Å². The van der Waals surface area contributed by atoms with E-state index in [9.17, 15) is 5.11 Å². The van der Waals surface area contributed by atoms with Gasteiger partial charge in [-0.25, -0.2) is 0 Å². The molecule has 0 bridgehead atoms. The third kappa shape index (κ3) is 2.94. The van der Waals surface area contributed by atoms with Crippen LogP contribution in [0.4, 0.5) is 5.69 Å². The molecule has 4 heteroatoms. The highest BCUT2D eigenvalue weighted by Crippen LogP contribution is 2.30. The van der Waals surface area contributed by atoms with Crippen molar-refractivity contribution in [2.24, 2.45) is 5.41 Å². The Hall–Kier alpha value is -1.26. The molecule has 0 amide bonds. The lowest BCUT2D eigenvalue weighted by Crippen LogP contribution is -2.42.